The van der Waals surface area contributed by atoms with E-state index < -0.39 is 11.7 Å². The van der Waals surface area contributed by atoms with E-state index in [0.29, 0.717) is 15.8 Å². The van der Waals surface area contributed by atoms with Crippen LogP contribution in [-0.4, -0.2) is 29.7 Å². The minimum atomic E-state index is -0.655. The summed E-state index contributed by atoms with van der Waals surface area (Å²) in [6.45, 7) is 5.64. The molecule has 41 heavy (non-hydrogen) atoms. The molecule has 0 saturated carbocycles. The van der Waals surface area contributed by atoms with E-state index in [9.17, 15) is 4.79 Å². The lowest BCUT2D eigenvalue weighted by atomic mass is 9.97. The fourth-order valence-electron chi connectivity index (χ4n) is 3.78. The number of carbonyl (C=O) groups excluding carboxylic acids is 1. The van der Waals surface area contributed by atoms with Gasteiger partial charge in [0.05, 0.1) is 19.3 Å². The molecular formula is C31H30Cl2N4O3S. The Morgan fingerprint density at radius 1 is 0.951 bits per heavy atom. The normalized spacial score (nSPS) is 11.6. The first-order valence-corrected chi connectivity index (χ1v) is 14.3. The van der Waals surface area contributed by atoms with E-state index >= 15 is 0 Å². The van der Waals surface area contributed by atoms with E-state index in [1.165, 1.54) is 11.9 Å². The van der Waals surface area contributed by atoms with Gasteiger partial charge in [-0.3, -0.25) is 15.0 Å². The summed E-state index contributed by atoms with van der Waals surface area (Å²) in [6.07, 6.45) is 1.14. The van der Waals surface area contributed by atoms with Crippen LogP contribution in [0.2, 0.25) is 10.0 Å². The van der Waals surface area contributed by atoms with Gasteiger partial charge in [-0.2, -0.15) is 0 Å². The second-order valence-corrected chi connectivity index (χ2v) is 11.7. The molecule has 212 valence electrons. The number of nitrogens with one attached hydrogen (secondary N) is 2. The number of halogens is 2. The number of aromatic nitrogens is 1. The van der Waals surface area contributed by atoms with Crippen LogP contribution in [-0.2, 0) is 11.3 Å². The lowest BCUT2D eigenvalue weighted by molar-refractivity contribution is 0.0562. The summed E-state index contributed by atoms with van der Waals surface area (Å²) in [7, 11) is 1.60. The van der Waals surface area contributed by atoms with Crippen LogP contribution >= 0.6 is 35.1 Å². The quantitative estimate of drug-likeness (QED) is 0.124. The van der Waals surface area contributed by atoms with Gasteiger partial charge < -0.3 is 9.47 Å². The van der Waals surface area contributed by atoms with Crippen LogP contribution in [0.3, 0.4) is 0 Å². The zero-order valence-electron chi connectivity index (χ0n) is 23.1. The molecule has 0 unspecified atom stereocenters. The van der Waals surface area contributed by atoms with Crippen molar-refractivity contribution in [3.8, 4) is 28.1 Å². The number of hydrogen-bond donors (Lipinski definition) is 2. The van der Waals surface area contributed by atoms with Gasteiger partial charge in [0.25, 0.3) is 0 Å². The van der Waals surface area contributed by atoms with E-state index in [1.807, 2.05) is 66.7 Å². The highest BCUT2D eigenvalue weighted by Crippen LogP contribution is 2.38. The van der Waals surface area contributed by atoms with Crippen LogP contribution in [0, 0.1) is 0 Å². The summed E-state index contributed by atoms with van der Waals surface area (Å²) >= 11 is 13.7. The standard InChI is InChI=1S/C31H30Cl2N4O3S/c1-31(2,3)40-30(38)36-29(37-41-24-8-6-5-7-9-24)35-19-20-16-26(21-10-12-22(32)13-11-21)28(34-18-20)25-15-14-23(33)17-27(25)39-4/h5-18H,19H2,1-4H3,(H2,35,36,37,38). The van der Waals surface area contributed by atoms with Gasteiger partial charge >= 0.3 is 6.09 Å². The van der Waals surface area contributed by atoms with Crippen LogP contribution < -0.4 is 14.8 Å². The lowest BCUT2D eigenvalue weighted by Crippen LogP contribution is -2.41. The van der Waals surface area contributed by atoms with Gasteiger partial charge in [0.15, 0.2) is 0 Å². The lowest BCUT2D eigenvalue weighted by Gasteiger charge is -2.20. The fourth-order valence-corrected chi connectivity index (χ4v) is 4.69. The Morgan fingerprint density at radius 3 is 2.34 bits per heavy atom. The average Bonchev–Trinajstić information content (AvgIpc) is 2.94. The van der Waals surface area contributed by atoms with Crippen LogP contribution in [0.5, 0.6) is 5.75 Å². The molecule has 0 fully saturated rings. The van der Waals surface area contributed by atoms with Crippen LogP contribution in [0.25, 0.3) is 22.4 Å². The predicted octanol–water partition coefficient (Wildman–Crippen LogP) is 8.41. The third kappa shape index (κ3) is 8.88. The van der Waals surface area contributed by atoms with Gasteiger partial charge in [-0.25, -0.2) is 9.79 Å². The van der Waals surface area contributed by atoms with E-state index in [1.54, 1.807) is 46.2 Å². The maximum atomic E-state index is 12.5. The second kappa shape index (κ2) is 13.8. The van der Waals surface area contributed by atoms with Crippen molar-refractivity contribution in [1.29, 1.82) is 0 Å². The summed E-state index contributed by atoms with van der Waals surface area (Å²) in [5.41, 5.74) is 3.47. The SMILES string of the molecule is COc1cc(Cl)ccc1-c1ncc(CN=C(NSc2ccccc2)NC(=O)OC(C)(C)C)cc1-c1ccc(Cl)cc1. The average molecular weight is 610 g/mol. The second-order valence-electron chi connectivity index (χ2n) is 9.90. The molecule has 0 saturated heterocycles. The maximum Gasteiger partial charge on any atom is 0.414 e. The number of aliphatic imine (C=N–C) groups is 1. The molecule has 10 heteroatoms. The summed E-state index contributed by atoms with van der Waals surface area (Å²) in [6, 6.07) is 24.7. The van der Waals surface area contributed by atoms with Gasteiger partial charge in [0.1, 0.15) is 11.4 Å². The monoisotopic (exact) mass is 608 g/mol. The van der Waals surface area contributed by atoms with Gasteiger partial charge in [-0.05, 0) is 92.4 Å². The zero-order chi connectivity index (χ0) is 29.4. The molecule has 4 aromatic rings. The molecule has 0 aliphatic rings. The van der Waals surface area contributed by atoms with E-state index in [-0.39, 0.29) is 12.5 Å². The predicted molar refractivity (Wildman–Crippen MR) is 168 cm³/mol. The minimum Gasteiger partial charge on any atom is -0.496 e. The number of nitrogens with zero attached hydrogens (tertiary/aromatic N) is 2. The summed E-state index contributed by atoms with van der Waals surface area (Å²) in [5.74, 6) is 0.863. The number of alkyl carbamates (subject to hydrolysis) is 1. The molecule has 7 nitrogen and oxygen atoms in total. The van der Waals surface area contributed by atoms with Gasteiger partial charge in [0, 0.05) is 32.3 Å². The third-order valence-electron chi connectivity index (χ3n) is 5.57. The molecule has 4 rings (SSSR count). The minimum absolute atomic E-state index is 0.235. The van der Waals surface area contributed by atoms with Crippen molar-refractivity contribution in [3.63, 3.8) is 0 Å². The molecule has 0 spiro atoms. The molecule has 1 aromatic heterocycles. The van der Waals surface area contributed by atoms with E-state index in [0.717, 1.165) is 32.8 Å². The van der Waals surface area contributed by atoms with Gasteiger partial charge in [0.2, 0.25) is 5.96 Å². The molecule has 1 amide bonds. The number of rotatable bonds is 7. The van der Waals surface area contributed by atoms with Crippen molar-refractivity contribution in [2.75, 3.05) is 7.11 Å². The molecular weight excluding hydrogens is 579 g/mol. The third-order valence-corrected chi connectivity index (χ3v) is 6.86. The first-order chi connectivity index (χ1) is 19.6. The first kappa shape index (κ1) is 30.2. The Balaban J connectivity index is 1.68. The van der Waals surface area contributed by atoms with Crippen LogP contribution in [0.15, 0.2) is 94.9 Å². The molecule has 0 aliphatic heterocycles. The number of benzene rings is 3. The summed E-state index contributed by atoms with van der Waals surface area (Å²) < 4.78 is 14.2. The largest absolute Gasteiger partial charge is 0.496 e. The van der Waals surface area contributed by atoms with Crippen molar-refractivity contribution in [2.45, 2.75) is 37.8 Å². The van der Waals surface area contributed by atoms with Crippen molar-refractivity contribution in [1.82, 2.24) is 15.0 Å². The molecule has 0 aliphatic carbocycles. The Morgan fingerprint density at radius 2 is 1.66 bits per heavy atom. The number of pyridine rings is 1. The fraction of sp³-hybridized carbons (Fsp3) is 0.194. The van der Waals surface area contributed by atoms with E-state index in [4.69, 9.17) is 37.7 Å². The Labute approximate surface area is 254 Å². The zero-order valence-corrected chi connectivity index (χ0v) is 25.4. The summed E-state index contributed by atoms with van der Waals surface area (Å²) in [4.78, 5) is 22.9. The first-order valence-electron chi connectivity index (χ1n) is 12.7. The van der Waals surface area contributed by atoms with Crippen molar-refractivity contribution >= 4 is 47.2 Å². The number of methoxy groups -OCH3 is 1. The van der Waals surface area contributed by atoms with Gasteiger partial charge in [-0.15, -0.1) is 0 Å². The number of carbonyl (C=O) groups is 1. The Bertz CT molecular complexity index is 1530. The van der Waals surface area contributed by atoms with Crippen molar-refractivity contribution < 1.29 is 14.3 Å². The molecule has 0 atom stereocenters. The van der Waals surface area contributed by atoms with Crippen molar-refractivity contribution in [3.05, 3.63) is 101 Å². The summed E-state index contributed by atoms with van der Waals surface area (Å²) in [5, 5.41) is 3.91. The number of amides is 1. The maximum absolute atomic E-state index is 12.5. The molecule has 2 N–H and O–H groups in total. The highest BCUT2D eigenvalue weighted by atomic mass is 35.5. The smallest absolute Gasteiger partial charge is 0.414 e. The Hall–Kier alpha value is -3.72. The molecule has 0 radical (unpaired) electrons. The topological polar surface area (TPSA) is 84.8 Å². The van der Waals surface area contributed by atoms with Gasteiger partial charge in [-0.1, -0.05) is 53.5 Å². The molecule has 3 aromatic carbocycles. The van der Waals surface area contributed by atoms with E-state index in [2.05, 4.69) is 15.0 Å². The van der Waals surface area contributed by atoms with Crippen molar-refractivity contribution in [2.24, 2.45) is 4.99 Å². The molecule has 1 heterocycles. The van der Waals surface area contributed by atoms with Crippen LogP contribution in [0.4, 0.5) is 4.79 Å². The highest BCUT2D eigenvalue weighted by Gasteiger charge is 2.18. The molecule has 0 bridgehead atoms. The number of ether oxygens (including phenoxy) is 2. The number of guanidine groups is 1. The van der Waals surface area contributed by atoms with Crippen LogP contribution in [0.1, 0.15) is 26.3 Å². The highest BCUT2D eigenvalue weighted by molar-refractivity contribution is 7.98. The number of hydrogen-bond acceptors (Lipinski definition) is 6. The Kier molecular flexibility index (Phi) is 10.2.